The number of hydrogen-bond donors (Lipinski definition) is 1. The van der Waals surface area contributed by atoms with Crippen LogP contribution in [-0.2, 0) is 28.6 Å². The topological polar surface area (TPSA) is 99.1 Å². The van der Waals surface area contributed by atoms with Crippen molar-refractivity contribution < 1.29 is 38.2 Å². The van der Waals surface area contributed by atoms with E-state index in [2.05, 4.69) is 80.7 Å². The minimum Gasteiger partial charge on any atom is -0.477 e. The summed E-state index contributed by atoms with van der Waals surface area (Å²) in [6, 6.07) is -0.624. The fourth-order valence-corrected chi connectivity index (χ4v) is 5.67. The molecule has 0 aliphatic carbocycles. The number of likely N-dealkylation sites (N-methyl/N-ethyl adjacent to an activating group) is 1. The molecule has 308 valence electrons. The summed E-state index contributed by atoms with van der Waals surface area (Å²) in [6.45, 7) is 4.52. The number of rotatable bonds is 36. The van der Waals surface area contributed by atoms with Gasteiger partial charge in [0.25, 0.3) is 0 Å². The highest BCUT2D eigenvalue weighted by atomic mass is 16.6. The van der Waals surface area contributed by atoms with E-state index in [9.17, 15) is 19.5 Å². The summed E-state index contributed by atoms with van der Waals surface area (Å²) >= 11 is 0. The predicted octanol–water partition coefficient (Wildman–Crippen LogP) is 11.2. The Morgan fingerprint density at radius 2 is 1.11 bits per heavy atom. The molecule has 0 fully saturated rings. The number of carboxylic acid groups (broad SMARTS) is 1. The Morgan fingerprint density at radius 1 is 0.593 bits per heavy atom. The molecular formula is C46H78NO7+. The highest BCUT2D eigenvalue weighted by Crippen LogP contribution is 2.13. The molecule has 0 amide bonds. The van der Waals surface area contributed by atoms with Gasteiger partial charge in [0.2, 0.25) is 0 Å². The van der Waals surface area contributed by atoms with E-state index in [1.165, 1.54) is 19.3 Å². The second kappa shape index (κ2) is 36.7. The van der Waals surface area contributed by atoms with Gasteiger partial charge in [-0.1, -0.05) is 138 Å². The maximum Gasteiger partial charge on any atom is 0.362 e. The first-order valence-electron chi connectivity index (χ1n) is 21.0. The third-order valence-electron chi connectivity index (χ3n) is 8.93. The molecule has 1 N–H and O–H groups in total. The standard InChI is InChI=1S/C46H77NO7/c1-6-8-10-12-14-16-18-20-21-22-23-24-25-27-28-30-32-34-36-44(48)53-41-42(40-52-39-38-43(46(50)51)47(3,4)5)54-45(49)37-35-33-31-29-26-19-17-15-13-11-9-7-2/h9,11,14-18,20-24,42-43H,6-8,10,12-13,19,25-41H2,1-5H3/p+1/b11-9+,16-14+,17-15+,20-18+,22-21+,24-23+. The van der Waals surface area contributed by atoms with E-state index in [-0.39, 0.29) is 36.2 Å². The molecule has 0 rings (SSSR count). The summed E-state index contributed by atoms with van der Waals surface area (Å²) < 4.78 is 17.2. The maximum absolute atomic E-state index is 12.7. The molecule has 0 aliphatic rings. The second-order valence-corrected chi connectivity index (χ2v) is 15.0. The first-order chi connectivity index (χ1) is 26.1. The Kier molecular flexibility index (Phi) is 34.5. The molecule has 0 aromatic heterocycles. The van der Waals surface area contributed by atoms with Gasteiger partial charge < -0.3 is 23.8 Å². The fourth-order valence-electron chi connectivity index (χ4n) is 5.67. The average Bonchev–Trinajstić information content (AvgIpc) is 3.12. The van der Waals surface area contributed by atoms with E-state index < -0.39 is 18.1 Å². The van der Waals surface area contributed by atoms with Gasteiger partial charge in [-0.15, -0.1) is 0 Å². The van der Waals surface area contributed by atoms with Crippen LogP contribution in [0.1, 0.15) is 149 Å². The zero-order valence-electron chi connectivity index (χ0n) is 34.9. The summed E-state index contributed by atoms with van der Waals surface area (Å²) in [6.07, 6.45) is 45.1. The van der Waals surface area contributed by atoms with Crippen LogP contribution < -0.4 is 0 Å². The van der Waals surface area contributed by atoms with Crippen molar-refractivity contribution in [3.63, 3.8) is 0 Å². The number of quaternary nitrogens is 1. The van der Waals surface area contributed by atoms with Crippen molar-refractivity contribution in [3.8, 4) is 0 Å². The van der Waals surface area contributed by atoms with Gasteiger partial charge in [-0.3, -0.25) is 9.59 Å². The van der Waals surface area contributed by atoms with Crippen molar-refractivity contribution in [1.82, 2.24) is 0 Å². The van der Waals surface area contributed by atoms with E-state index >= 15 is 0 Å². The van der Waals surface area contributed by atoms with Gasteiger partial charge >= 0.3 is 17.9 Å². The number of aliphatic carboxylic acids is 1. The van der Waals surface area contributed by atoms with Gasteiger partial charge in [0.15, 0.2) is 12.1 Å². The molecule has 0 spiro atoms. The number of hydrogen-bond acceptors (Lipinski definition) is 6. The lowest BCUT2D eigenvalue weighted by molar-refractivity contribution is -0.887. The fraction of sp³-hybridized carbons (Fsp3) is 0.674. The van der Waals surface area contributed by atoms with E-state index in [1.54, 1.807) is 0 Å². The number of ether oxygens (including phenoxy) is 3. The first kappa shape index (κ1) is 50.8. The first-order valence-corrected chi connectivity index (χ1v) is 21.0. The van der Waals surface area contributed by atoms with Crippen LogP contribution in [0, 0.1) is 0 Å². The molecule has 0 aliphatic heterocycles. The van der Waals surface area contributed by atoms with Crippen LogP contribution in [0.3, 0.4) is 0 Å². The molecule has 0 saturated carbocycles. The van der Waals surface area contributed by atoms with E-state index in [0.717, 1.165) is 96.3 Å². The average molecular weight is 757 g/mol. The summed E-state index contributed by atoms with van der Waals surface area (Å²) in [5.41, 5.74) is 0. The Morgan fingerprint density at radius 3 is 1.69 bits per heavy atom. The molecule has 0 radical (unpaired) electrons. The summed E-state index contributed by atoms with van der Waals surface area (Å²) in [5, 5.41) is 9.60. The molecule has 54 heavy (non-hydrogen) atoms. The van der Waals surface area contributed by atoms with E-state index in [0.29, 0.717) is 19.3 Å². The number of esters is 2. The van der Waals surface area contributed by atoms with Gasteiger partial charge in [-0.2, -0.15) is 0 Å². The predicted molar refractivity (Wildman–Crippen MR) is 224 cm³/mol. The van der Waals surface area contributed by atoms with Crippen molar-refractivity contribution in [3.05, 3.63) is 72.9 Å². The molecule has 0 saturated heterocycles. The molecule has 0 aromatic rings. The van der Waals surface area contributed by atoms with E-state index in [1.807, 2.05) is 27.2 Å². The van der Waals surface area contributed by atoms with Crippen LogP contribution in [0.4, 0.5) is 0 Å². The molecule has 8 heteroatoms. The summed E-state index contributed by atoms with van der Waals surface area (Å²) in [5.74, 6) is -1.53. The Bertz CT molecular complexity index is 1110. The van der Waals surface area contributed by atoms with Crippen LogP contribution in [0.25, 0.3) is 0 Å². The smallest absolute Gasteiger partial charge is 0.362 e. The van der Waals surface area contributed by atoms with Gasteiger partial charge in [-0.05, 0) is 64.2 Å². The number of allylic oxidation sites excluding steroid dienone is 12. The van der Waals surface area contributed by atoms with Crippen LogP contribution in [0.5, 0.6) is 0 Å². The molecule has 8 nitrogen and oxygen atoms in total. The number of unbranched alkanes of at least 4 members (excludes halogenated alkanes) is 13. The van der Waals surface area contributed by atoms with E-state index in [4.69, 9.17) is 14.2 Å². The number of carbonyl (C=O) groups is 3. The van der Waals surface area contributed by atoms with Crippen LogP contribution in [-0.4, -0.2) is 80.6 Å². The summed E-state index contributed by atoms with van der Waals surface area (Å²) in [4.78, 5) is 36.9. The maximum atomic E-state index is 12.7. The molecular weight excluding hydrogens is 679 g/mol. The molecule has 0 aromatic carbocycles. The molecule has 2 unspecified atom stereocenters. The van der Waals surface area contributed by atoms with Crippen LogP contribution in [0.15, 0.2) is 72.9 Å². The Labute approximate surface area is 330 Å². The minimum atomic E-state index is -0.885. The monoisotopic (exact) mass is 757 g/mol. The number of nitrogens with zero attached hydrogens (tertiary/aromatic N) is 1. The lowest BCUT2D eigenvalue weighted by Crippen LogP contribution is -2.50. The lowest BCUT2D eigenvalue weighted by atomic mass is 10.1. The van der Waals surface area contributed by atoms with Crippen LogP contribution >= 0.6 is 0 Å². The van der Waals surface area contributed by atoms with Gasteiger partial charge in [0, 0.05) is 19.3 Å². The zero-order chi connectivity index (χ0) is 40.0. The Balaban J connectivity index is 4.44. The Hall–Kier alpha value is -3.23. The van der Waals surface area contributed by atoms with Crippen molar-refractivity contribution >= 4 is 17.9 Å². The van der Waals surface area contributed by atoms with Crippen molar-refractivity contribution in [2.24, 2.45) is 0 Å². The van der Waals surface area contributed by atoms with Crippen molar-refractivity contribution in [2.45, 2.75) is 161 Å². The van der Waals surface area contributed by atoms with Crippen molar-refractivity contribution in [1.29, 1.82) is 0 Å². The zero-order valence-corrected chi connectivity index (χ0v) is 34.9. The van der Waals surface area contributed by atoms with Gasteiger partial charge in [-0.25, -0.2) is 4.79 Å². The normalized spacial score (nSPS) is 13.7. The molecule has 0 heterocycles. The number of carboxylic acids is 1. The molecule has 2 atom stereocenters. The minimum absolute atomic E-state index is 0.0434. The second-order valence-electron chi connectivity index (χ2n) is 15.0. The quantitative estimate of drug-likeness (QED) is 0.0223. The largest absolute Gasteiger partial charge is 0.477 e. The SMILES string of the molecule is CC/C=C/C/C=C/CCCCCCCC(=O)OC(COCCC(C(=O)O)[N+](C)(C)C)COC(=O)CCCCCCC/C=C/C=C/C=C/C=C/CCCCC. The number of carbonyl (C=O) groups excluding carboxylic acids is 2. The van der Waals surface area contributed by atoms with Crippen molar-refractivity contribution in [2.75, 3.05) is 41.0 Å². The van der Waals surface area contributed by atoms with Gasteiger partial charge in [0.1, 0.15) is 6.61 Å². The summed E-state index contributed by atoms with van der Waals surface area (Å²) in [7, 11) is 5.50. The lowest BCUT2D eigenvalue weighted by Gasteiger charge is -2.31. The third-order valence-corrected chi connectivity index (χ3v) is 8.93. The molecule has 0 bridgehead atoms. The highest BCUT2D eigenvalue weighted by Gasteiger charge is 2.31. The van der Waals surface area contributed by atoms with Crippen LogP contribution in [0.2, 0.25) is 0 Å². The van der Waals surface area contributed by atoms with Gasteiger partial charge in [0.05, 0.1) is 34.4 Å². The third kappa shape index (κ3) is 34.5. The highest BCUT2D eigenvalue weighted by molar-refractivity contribution is 5.72.